The second-order valence-corrected chi connectivity index (χ2v) is 7.40. The summed E-state index contributed by atoms with van der Waals surface area (Å²) in [7, 11) is 1.48. The lowest BCUT2D eigenvalue weighted by molar-refractivity contribution is 0.0846. The number of hydrogen-bond donors (Lipinski definition) is 2. The van der Waals surface area contributed by atoms with E-state index in [4.69, 9.17) is 21.1 Å². The Morgan fingerprint density at radius 2 is 1.63 bits per heavy atom. The van der Waals surface area contributed by atoms with E-state index >= 15 is 0 Å². The Labute approximate surface area is 187 Å². The number of methoxy groups -OCH3 is 1. The summed E-state index contributed by atoms with van der Waals surface area (Å²) in [6, 6.07) is 19.0. The number of carbonyl (C=O) groups is 2. The fourth-order valence-electron chi connectivity index (χ4n) is 2.60. The lowest BCUT2D eigenvalue weighted by Gasteiger charge is -2.13. The predicted octanol–water partition coefficient (Wildman–Crippen LogP) is 4.76. The molecule has 0 radical (unpaired) electrons. The molecule has 0 fully saturated rings. The molecular formula is C22H18BrClN2O4. The lowest BCUT2D eigenvalue weighted by atomic mass is 10.2. The highest BCUT2D eigenvalue weighted by molar-refractivity contribution is 9.10. The number of nitrogens with one attached hydrogen (secondary N) is 2. The summed E-state index contributed by atoms with van der Waals surface area (Å²) in [6.45, 7) is 0.254. The molecule has 0 bridgehead atoms. The lowest BCUT2D eigenvalue weighted by Crippen LogP contribution is -2.41. The number of hydrogen-bond acceptors (Lipinski definition) is 4. The number of ether oxygens (including phenoxy) is 2. The fourth-order valence-corrected chi connectivity index (χ4v) is 3.25. The SMILES string of the molecule is COc1cc(C(=O)NNC(=O)c2ccccc2Br)ccc1OCc1ccccc1Cl. The van der Waals surface area contributed by atoms with Gasteiger partial charge in [0.15, 0.2) is 11.5 Å². The van der Waals surface area contributed by atoms with Crippen molar-refractivity contribution in [3.8, 4) is 11.5 Å². The monoisotopic (exact) mass is 488 g/mol. The van der Waals surface area contributed by atoms with E-state index < -0.39 is 11.8 Å². The van der Waals surface area contributed by atoms with Gasteiger partial charge in [0.2, 0.25) is 0 Å². The Hall–Kier alpha value is -3.03. The van der Waals surface area contributed by atoms with Crippen molar-refractivity contribution in [2.45, 2.75) is 6.61 Å². The molecule has 6 nitrogen and oxygen atoms in total. The van der Waals surface area contributed by atoms with Gasteiger partial charge in [-0.2, -0.15) is 0 Å². The number of halogens is 2. The van der Waals surface area contributed by atoms with Crippen LogP contribution < -0.4 is 20.3 Å². The summed E-state index contributed by atoms with van der Waals surface area (Å²) in [5.41, 5.74) is 6.30. The van der Waals surface area contributed by atoms with Gasteiger partial charge >= 0.3 is 0 Å². The van der Waals surface area contributed by atoms with E-state index in [1.807, 2.05) is 18.2 Å². The molecule has 2 amide bonds. The van der Waals surface area contributed by atoms with Crippen molar-refractivity contribution < 1.29 is 19.1 Å². The van der Waals surface area contributed by atoms with Gasteiger partial charge in [-0.1, -0.05) is 41.9 Å². The molecule has 0 aliphatic rings. The van der Waals surface area contributed by atoms with Gasteiger partial charge in [0.1, 0.15) is 6.61 Å². The molecule has 0 saturated heterocycles. The first-order valence-corrected chi connectivity index (χ1v) is 10.1. The van der Waals surface area contributed by atoms with Crippen LogP contribution in [0.3, 0.4) is 0 Å². The molecule has 0 unspecified atom stereocenters. The molecule has 8 heteroatoms. The molecule has 0 aliphatic heterocycles. The Morgan fingerprint density at radius 3 is 2.37 bits per heavy atom. The van der Waals surface area contributed by atoms with Crippen molar-refractivity contribution in [2.75, 3.05) is 7.11 Å². The van der Waals surface area contributed by atoms with Gasteiger partial charge in [-0.15, -0.1) is 0 Å². The highest BCUT2D eigenvalue weighted by Gasteiger charge is 2.14. The maximum Gasteiger partial charge on any atom is 0.270 e. The van der Waals surface area contributed by atoms with E-state index in [1.54, 1.807) is 42.5 Å². The first-order chi connectivity index (χ1) is 14.5. The van der Waals surface area contributed by atoms with Crippen LogP contribution in [0.25, 0.3) is 0 Å². The molecule has 3 aromatic rings. The van der Waals surface area contributed by atoms with Gasteiger partial charge in [-0.3, -0.25) is 20.4 Å². The summed E-state index contributed by atoms with van der Waals surface area (Å²) >= 11 is 9.44. The predicted molar refractivity (Wildman–Crippen MR) is 118 cm³/mol. The van der Waals surface area contributed by atoms with E-state index in [-0.39, 0.29) is 6.61 Å². The van der Waals surface area contributed by atoms with Gasteiger partial charge in [-0.05, 0) is 52.3 Å². The molecule has 0 atom stereocenters. The quantitative estimate of drug-likeness (QED) is 0.489. The van der Waals surface area contributed by atoms with Crippen molar-refractivity contribution in [1.82, 2.24) is 10.9 Å². The Kier molecular flexibility index (Phi) is 7.32. The van der Waals surface area contributed by atoms with Crippen molar-refractivity contribution in [2.24, 2.45) is 0 Å². The largest absolute Gasteiger partial charge is 0.493 e. The highest BCUT2D eigenvalue weighted by atomic mass is 79.9. The average Bonchev–Trinajstić information content (AvgIpc) is 2.77. The zero-order valence-electron chi connectivity index (χ0n) is 15.9. The van der Waals surface area contributed by atoms with Gasteiger partial charge in [0.25, 0.3) is 11.8 Å². The van der Waals surface area contributed by atoms with Crippen molar-refractivity contribution in [1.29, 1.82) is 0 Å². The van der Waals surface area contributed by atoms with Crippen LogP contribution in [-0.2, 0) is 6.61 Å². The first-order valence-electron chi connectivity index (χ1n) is 8.89. The van der Waals surface area contributed by atoms with Gasteiger partial charge in [-0.25, -0.2) is 0 Å². The van der Waals surface area contributed by atoms with Gasteiger partial charge < -0.3 is 9.47 Å². The smallest absolute Gasteiger partial charge is 0.270 e. The van der Waals surface area contributed by atoms with E-state index in [9.17, 15) is 9.59 Å². The summed E-state index contributed by atoms with van der Waals surface area (Å²) in [6.07, 6.45) is 0. The molecule has 154 valence electrons. The van der Waals surface area contributed by atoms with E-state index in [1.165, 1.54) is 13.2 Å². The molecule has 2 N–H and O–H groups in total. The zero-order chi connectivity index (χ0) is 21.5. The summed E-state index contributed by atoms with van der Waals surface area (Å²) in [5, 5.41) is 0.605. The standard InChI is InChI=1S/C22H18BrClN2O4/c1-29-20-12-14(10-11-19(20)30-13-15-6-2-5-9-18(15)24)21(27)25-26-22(28)16-7-3-4-8-17(16)23/h2-12H,13H2,1H3,(H,25,27)(H,26,28). The minimum Gasteiger partial charge on any atom is -0.493 e. The third-order valence-electron chi connectivity index (χ3n) is 4.17. The molecular weight excluding hydrogens is 472 g/mol. The summed E-state index contributed by atoms with van der Waals surface area (Å²) in [5.74, 6) is -0.0908. The van der Waals surface area contributed by atoms with Crippen LogP contribution in [0.2, 0.25) is 5.02 Å². The second-order valence-electron chi connectivity index (χ2n) is 6.13. The number of carbonyl (C=O) groups excluding carboxylic acids is 2. The molecule has 0 saturated carbocycles. The minimum atomic E-state index is -0.494. The van der Waals surface area contributed by atoms with Crippen LogP contribution in [-0.4, -0.2) is 18.9 Å². The second kappa shape index (κ2) is 10.1. The number of hydrazine groups is 1. The molecule has 0 heterocycles. The van der Waals surface area contributed by atoms with Crippen molar-refractivity contribution >= 4 is 39.3 Å². The Morgan fingerprint density at radius 1 is 0.933 bits per heavy atom. The fraction of sp³-hybridized carbons (Fsp3) is 0.0909. The van der Waals surface area contributed by atoms with Crippen LogP contribution in [0.1, 0.15) is 26.3 Å². The third-order valence-corrected chi connectivity index (χ3v) is 5.24. The molecule has 3 rings (SSSR count). The molecule has 0 aromatic heterocycles. The average molecular weight is 490 g/mol. The topological polar surface area (TPSA) is 76.7 Å². The Balaban J connectivity index is 1.65. The van der Waals surface area contributed by atoms with Crippen molar-refractivity contribution in [3.05, 3.63) is 92.9 Å². The van der Waals surface area contributed by atoms with Crippen LogP contribution in [0.15, 0.2) is 71.2 Å². The molecule has 0 spiro atoms. The molecule has 0 aliphatic carbocycles. The number of rotatable bonds is 6. The molecule has 3 aromatic carbocycles. The van der Waals surface area contributed by atoms with Crippen LogP contribution in [0, 0.1) is 0 Å². The van der Waals surface area contributed by atoms with Crippen LogP contribution in [0.4, 0.5) is 0 Å². The molecule has 30 heavy (non-hydrogen) atoms. The maximum atomic E-state index is 12.4. The normalized spacial score (nSPS) is 10.2. The highest BCUT2D eigenvalue weighted by Crippen LogP contribution is 2.29. The zero-order valence-corrected chi connectivity index (χ0v) is 18.3. The Bertz CT molecular complexity index is 1070. The third kappa shape index (κ3) is 5.31. The summed E-state index contributed by atoms with van der Waals surface area (Å²) in [4.78, 5) is 24.6. The van der Waals surface area contributed by atoms with E-state index in [2.05, 4.69) is 26.8 Å². The van der Waals surface area contributed by atoms with E-state index in [0.29, 0.717) is 32.1 Å². The summed E-state index contributed by atoms with van der Waals surface area (Å²) < 4.78 is 11.7. The number of amides is 2. The van der Waals surface area contributed by atoms with Gasteiger partial charge in [0.05, 0.1) is 12.7 Å². The maximum absolute atomic E-state index is 12.4. The minimum absolute atomic E-state index is 0.254. The van der Waals surface area contributed by atoms with Gasteiger partial charge in [0, 0.05) is 20.6 Å². The van der Waals surface area contributed by atoms with Crippen molar-refractivity contribution in [3.63, 3.8) is 0 Å². The van der Waals surface area contributed by atoms with Crippen LogP contribution >= 0.6 is 27.5 Å². The first kappa shape index (κ1) is 21.7. The van der Waals surface area contributed by atoms with E-state index in [0.717, 1.165) is 5.56 Å². The van der Waals surface area contributed by atoms with Crippen LogP contribution in [0.5, 0.6) is 11.5 Å². The number of benzene rings is 3.